The van der Waals surface area contributed by atoms with Crippen molar-refractivity contribution in [1.29, 1.82) is 0 Å². The average molecular weight is 330 g/mol. The van der Waals surface area contributed by atoms with Crippen molar-refractivity contribution >= 4 is 22.2 Å². The third-order valence-corrected chi connectivity index (χ3v) is 5.72. The molecular formula is C17H20N3O2S+. The van der Waals surface area contributed by atoms with Gasteiger partial charge in [-0.05, 0) is 23.3 Å². The number of nitrogens with one attached hydrogen (secondary N) is 3. The summed E-state index contributed by atoms with van der Waals surface area (Å²) in [5, 5.41) is 7.57. The number of anilines is 1. The van der Waals surface area contributed by atoms with Crippen LogP contribution in [0.2, 0.25) is 0 Å². The van der Waals surface area contributed by atoms with E-state index in [9.17, 15) is 4.79 Å². The van der Waals surface area contributed by atoms with E-state index in [1.54, 1.807) is 18.4 Å². The van der Waals surface area contributed by atoms with Gasteiger partial charge in [-0.3, -0.25) is 4.79 Å². The zero-order valence-corrected chi connectivity index (χ0v) is 14.0. The maximum atomic E-state index is 12.7. The third-order valence-electron chi connectivity index (χ3n) is 4.56. The van der Waals surface area contributed by atoms with Gasteiger partial charge in [0.1, 0.15) is 23.5 Å². The molecule has 23 heavy (non-hydrogen) atoms. The summed E-state index contributed by atoms with van der Waals surface area (Å²) in [6.07, 6.45) is 0.765. The zero-order chi connectivity index (χ0) is 16.0. The Kier molecular flexibility index (Phi) is 3.50. The molecule has 5 nitrogen and oxygen atoms in total. The van der Waals surface area contributed by atoms with Crippen LogP contribution in [0, 0.1) is 0 Å². The highest BCUT2D eigenvalue weighted by atomic mass is 32.1. The molecule has 3 heterocycles. The number of carbonyl (C=O) groups is 1. The minimum absolute atomic E-state index is 0.0311. The van der Waals surface area contributed by atoms with Gasteiger partial charge in [-0.15, -0.1) is 11.3 Å². The van der Waals surface area contributed by atoms with Gasteiger partial charge in [0.25, 0.3) is 5.91 Å². The van der Waals surface area contributed by atoms with Crippen molar-refractivity contribution in [3.05, 3.63) is 45.8 Å². The number of carbonyl (C=O) groups excluding carboxylic acids is 1. The highest BCUT2D eigenvalue weighted by molar-refractivity contribution is 7.16. The van der Waals surface area contributed by atoms with Crippen molar-refractivity contribution in [3.63, 3.8) is 0 Å². The van der Waals surface area contributed by atoms with E-state index in [0.717, 1.165) is 41.4 Å². The number of likely N-dealkylation sites (N-methyl/N-ethyl adjacent to an activating group) is 1. The summed E-state index contributed by atoms with van der Waals surface area (Å²) in [6.45, 7) is 2.09. The van der Waals surface area contributed by atoms with Crippen molar-refractivity contribution in [3.8, 4) is 5.75 Å². The molecule has 1 amide bonds. The van der Waals surface area contributed by atoms with Gasteiger partial charge in [0.2, 0.25) is 0 Å². The van der Waals surface area contributed by atoms with Crippen LogP contribution in [-0.4, -0.2) is 26.6 Å². The molecule has 4 rings (SSSR count). The summed E-state index contributed by atoms with van der Waals surface area (Å²) in [6, 6.07) is 7.79. The Labute approximate surface area is 139 Å². The summed E-state index contributed by atoms with van der Waals surface area (Å²) < 4.78 is 5.28. The highest BCUT2D eigenvalue weighted by Gasteiger charge is 2.33. The molecule has 0 radical (unpaired) electrons. The number of benzene rings is 1. The van der Waals surface area contributed by atoms with Crippen molar-refractivity contribution < 1.29 is 14.4 Å². The number of quaternary nitrogens is 1. The van der Waals surface area contributed by atoms with E-state index < -0.39 is 0 Å². The molecule has 0 spiro atoms. The Hall–Kier alpha value is -2.05. The molecule has 0 bridgehead atoms. The smallest absolute Gasteiger partial charge is 0.256 e. The fraction of sp³-hybridized carbons (Fsp3) is 0.353. The first-order valence-electron chi connectivity index (χ1n) is 7.83. The van der Waals surface area contributed by atoms with Crippen molar-refractivity contribution in [2.24, 2.45) is 0 Å². The van der Waals surface area contributed by atoms with Crippen LogP contribution in [0.4, 0.5) is 5.00 Å². The molecule has 120 valence electrons. The zero-order valence-electron chi connectivity index (χ0n) is 13.2. The molecular weight excluding hydrogens is 310 g/mol. The minimum atomic E-state index is -0.213. The topological polar surface area (TPSA) is 54.8 Å². The summed E-state index contributed by atoms with van der Waals surface area (Å²) in [7, 11) is 3.85. The molecule has 2 atom stereocenters. The third kappa shape index (κ3) is 2.48. The first-order valence-corrected chi connectivity index (χ1v) is 8.64. The van der Waals surface area contributed by atoms with Crippen LogP contribution in [0.3, 0.4) is 0 Å². The number of hydrogen-bond donors (Lipinski definition) is 3. The number of ether oxygens (including phenoxy) is 1. The van der Waals surface area contributed by atoms with E-state index in [4.69, 9.17) is 4.74 Å². The average Bonchev–Trinajstić information content (AvgIpc) is 2.92. The molecule has 2 aliphatic heterocycles. The Bertz CT molecular complexity index is 771. The number of hydrogen-bond acceptors (Lipinski definition) is 4. The van der Waals surface area contributed by atoms with Crippen LogP contribution < -0.4 is 20.3 Å². The van der Waals surface area contributed by atoms with E-state index >= 15 is 0 Å². The van der Waals surface area contributed by atoms with Crippen LogP contribution in [0.1, 0.15) is 32.5 Å². The number of methoxy groups -OCH3 is 1. The Morgan fingerprint density at radius 3 is 3.04 bits per heavy atom. The summed E-state index contributed by atoms with van der Waals surface area (Å²) in [5.74, 6) is 0.823. The van der Waals surface area contributed by atoms with E-state index in [-0.39, 0.29) is 12.1 Å². The number of rotatable bonds is 2. The van der Waals surface area contributed by atoms with Gasteiger partial charge >= 0.3 is 0 Å². The van der Waals surface area contributed by atoms with E-state index in [1.165, 1.54) is 15.3 Å². The molecule has 2 aromatic rings. The quantitative estimate of drug-likeness (QED) is 0.775. The summed E-state index contributed by atoms with van der Waals surface area (Å²) >= 11 is 1.73. The molecule has 0 saturated heterocycles. The van der Waals surface area contributed by atoms with Gasteiger partial charge in [0, 0.05) is 6.42 Å². The molecule has 1 unspecified atom stereocenters. The number of fused-ring (bicyclic) bond motifs is 3. The van der Waals surface area contributed by atoms with E-state index in [2.05, 4.69) is 17.7 Å². The fourth-order valence-corrected chi connectivity index (χ4v) is 4.71. The largest absolute Gasteiger partial charge is 0.497 e. The minimum Gasteiger partial charge on any atom is -0.497 e. The molecule has 3 N–H and O–H groups in total. The highest BCUT2D eigenvalue weighted by Crippen LogP contribution is 2.39. The first kappa shape index (κ1) is 14.5. The predicted octanol–water partition coefficient (Wildman–Crippen LogP) is 1.18. The van der Waals surface area contributed by atoms with E-state index in [1.807, 2.05) is 24.3 Å². The second-order valence-corrected chi connectivity index (χ2v) is 7.27. The predicted molar refractivity (Wildman–Crippen MR) is 90.3 cm³/mol. The lowest BCUT2D eigenvalue weighted by Gasteiger charge is -2.27. The van der Waals surface area contributed by atoms with E-state index in [0.29, 0.717) is 0 Å². The lowest BCUT2D eigenvalue weighted by Crippen LogP contribution is -3.08. The van der Waals surface area contributed by atoms with Crippen LogP contribution in [-0.2, 0) is 13.0 Å². The van der Waals surface area contributed by atoms with Gasteiger partial charge in [-0.1, -0.05) is 12.1 Å². The maximum absolute atomic E-state index is 12.7. The van der Waals surface area contributed by atoms with Gasteiger partial charge in [-0.25, -0.2) is 0 Å². The first-order chi connectivity index (χ1) is 11.2. The van der Waals surface area contributed by atoms with Crippen LogP contribution in [0.15, 0.2) is 24.3 Å². The monoisotopic (exact) mass is 330 g/mol. The van der Waals surface area contributed by atoms with Crippen molar-refractivity contribution in [2.75, 3.05) is 26.0 Å². The molecule has 0 aliphatic carbocycles. The summed E-state index contributed by atoms with van der Waals surface area (Å²) in [4.78, 5) is 15.5. The second-order valence-electron chi connectivity index (χ2n) is 6.17. The molecule has 1 aromatic carbocycles. The summed E-state index contributed by atoms with van der Waals surface area (Å²) in [5.41, 5.74) is 3.10. The van der Waals surface area contributed by atoms with Crippen LogP contribution in [0.5, 0.6) is 5.75 Å². The molecule has 0 fully saturated rings. The van der Waals surface area contributed by atoms with Gasteiger partial charge in [0.05, 0.1) is 31.1 Å². The molecule has 1 aromatic heterocycles. The van der Waals surface area contributed by atoms with Crippen LogP contribution in [0.25, 0.3) is 0 Å². The van der Waals surface area contributed by atoms with Gasteiger partial charge in [-0.2, -0.15) is 0 Å². The normalized spacial score (nSPS) is 22.6. The van der Waals surface area contributed by atoms with Gasteiger partial charge < -0.3 is 20.3 Å². The van der Waals surface area contributed by atoms with Gasteiger partial charge in [0.15, 0.2) is 0 Å². The number of amides is 1. The van der Waals surface area contributed by atoms with Crippen LogP contribution >= 0.6 is 11.3 Å². The Morgan fingerprint density at radius 2 is 2.22 bits per heavy atom. The molecule has 2 aliphatic rings. The lowest BCUT2D eigenvalue weighted by atomic mass is 10.0. The fourth-order valence-electron chi connectivity index (χ4n) is 3.32. The van der Waals surface area contributed by atoms with Crippen molar-refractivity contribution in [1.82, 2.24) is 5.32 Å². The maximum Gasteiger partial charge on any atom is 0.256 e. The SMILES string of the molecule is COc1cccc([C@H]2NC(=O)c3c(sc4c3CC[NH+](C)C4)N2)c1. The second kappa shape index (κ2) is 5.54. The standard InChI is InChI=1S/C17H19N3O2S/c1-20-7-6-12-13(9-20)23-17-14(12)16(21)18-15(19-17)10-4-3-5-11(8-10)22-2/h3-5,8,15,19H,6-7,9H2,1-2H3,(H,18,21)/p+1/t15-/m0/s1. The van der Waals surface area contributed by atoms with Crippen molar-refractivity contribution in [2.45, 2.75) is 19.1 Å². The molecule has 6 heteroatoms. The number of thiophene rings is 1. The Balaban J connectivity index is 1.68. The lowest BCUT2D eigenvalue weighted by molar-refractivity contribution is -0.895. The molecule has 0 saturated carbocycles. The Morgan fingerprint density at radius 1 is 1.35 bits per heavy atom.